The lowest BCUT2D eigenvalue weighted by Crippen LogP contribution is -2.25. The summed E-state index contributed by atoms with van der Waals surface area (Å²) in [5, 5.41) is 6.93. The van der Waals surface area contributed by atoms with Crippen LogP contribution in [0.25, 0.3) is 0 Å². The van der Waals surface area contributed by atoms with Crippen molar-refractivity contribution < 1.29 is 14.3 Å². The summed E-state index contributed by atoms with van der Waals surface area (Å²) >= 11 is 3.33. The predicted octanol–water partition coefficient (Wildman–Crippen LogP) is 4.23. The molecule has 3 aromatic rings. The first-order valence-electron chi connectivity index (χ1n) is 8.79. The van der Waals surface area contributed by atoms with Gasteiger partial charge in [-0.05, 0) is 48.0 Å². The van der Waals surface area contributed by atoms with E-state index in [1.807, 2.05) is 36.4 Å². The van der Waals surface area contributed by atoms with Crippen LogP contribution in [-0.2, 0) is 4.79 Å². The van der Waals surface area contributed by atoms with Gasteiger partial charge in [-0.15, -0.1) is 0 Å². The van der Waals surface area contributed by atoms with Crippen molar-refractivity contribution in [2.45, 2.75) is 0 Å². The summed E-state index contributed by atoms with van der Waals surface area (Å²) in [6.45, 7) is 0.103. The van der Waals surface area contributed by atoms with Crippen molar-refractivity contribution in [2.75, 3.05) is 11.9 Å². The van der Waals surface area contributed by atoms with Gasteiger partial charge in [-0.3, -0.25) is 4.79 Å². The molecule has 2 N–H and O–H groups in total. The Bertz CT molecular complexity index is 1020. The average Bonchev–Trinajstić information content (AvgIpc) is 2.73. The van der Waals surface area contributed by atoms with Gasteiger partial charge in [0.15, 0.2) is 0 Å². The summed E-state index contributed by atoms with van der Waals surface area (Å²) in [5.41, 5.74) is 4.42. The van der Waals surface area contributed by atoms with Crippen LogP contribution in [0.15, 0.2) is 88.4 Å². The number of hydrazone groups is 1. The number of nitrogens with one attached hydrogen (secondary N) is 2. The van der Waals surface area contributed by atoms with Crippen LogP contribution in [0, 0.1) is 0 Å². The molecule has 0 spiro atoms. The van der Waals surface area contributed by atoms with Crippen LogP contribution in [-0.4, -0.2) is 24.6 Å². The molecule has 29 heavy (non-hydrogen) atoms. The third-order valence-electron chi connectivity index (χ3n) is 3.76. The van der Waals surface area contributed by atoms with Gasteiger partial charge in [0.25, 0.3) is 5.91 Å². The molecule has 0 aliphatic carbocycles. The molecule has 0 bridgehead atoms. The monoisotopic (exact) mass is 451 g/mol. The van der Waals surface area contributed by atoms with Gasteiger partial charge in [-0.1, -0.05) is 52.3 Å². The lowest BCUT2D eigenvalue weighted by atomic mass is 10.2. The summed E-state index contributed by atoms with van der Waals surface area (Å²) in [5.74, 6) is -0.348. The fourth-order valence-electron chi connectivity index (χ4n) is 2.40. The topological polar surface area (TPSA) is 79.8 Å². The average molecular weight is 452 g/mol. The highest BCUT2D eigenvalue weighted by molar-refractivity contribution is 9.10. The molecule has 1 amide bonds. The van der Waals surface area contributed by atoms with E-state index in [4.69, 9.17) is 4.74 Å². The largest absolute Gasteiger partial charge is 0.423 e. The highest BCUT2D eigenvalue weighted by atomic mass is 79.9. The number of rotatable bonds is 7. The Morgan fingerprint density at radius 2 is 1.76 bits per heavy atom. The number of nitrogens with zero attached hydrogens (tertiary/aromatic N) is 1. The number of ether oxygens (including phenoxy) is 1. The lowest BCUT2D eigenvalue weighted by Gasteiger charge is -2.06. The first-order valence-corrected chi connectivity index (χ1v) is 9.58. The molecule has 0 aliphatic heterocycles. The molecule has 0 heterocycles. The maximum Gasteiger partial charge on any atom is 0.343 e. The highest BCUT2D eigenvalue weighted by Crippen LogP contribution is 2.16. The normalized spacial score (nSPS) is 10.5. The third kappa shape index (κ3) is 6.58. The Balaban J connectivity index is 1.52. The van der Waals surface area contributed by atoms with Gasteiger partial charge in [0, 0.05) is 10.2 Å². The highest BCUT2D eigenvalue weighted by Gasteiger charge is 2.09. The van der Waals surface area contributed by atoms with Crippen molar-refractivity contribution in [1.29, 1.82) is 0 Å². The molecule has 0 saturated heterocycles. The molecule has 3 rings (SSSR count). The molecule has 0 unspecified atom stereocenters. The number of hydrogen-bond donors (Lipinski definition) is 2. The summed E-state index contributed by atoms with van der Waals surface area (Å²) in [7, 11) is 0. The molecular weight excluding hydrogens is 434 g/mol. The van der Waals surface area contributed by atoms with E-state index in [9.17, 15) is 9.59 Å². The van der Waals surface area contributed by atoms with Crippen LogP contribution in [0.5, 0.6) is 5.75 Å². The second-order valence-corrected chi connectivity index (χ2v) is 6.90. The number of amides is 1. The first-order chi connectivity index (χ1) is 14.1. The smallest absolute Gasteiger partial charge is 0.343 e. The zero-order chi connectivity index (χ0) is 20.5. The fraction of sp³-hybridized carbons (Fsp3) is 0.0455. The Kier molecular flexibility index (Phi) is 7.13. The van der Waals surface area contributed by atoms with Gasteiger partial charge in [0.2, 0.25) is 0 Å². The summed E-state index contributed by atoms with van der Waals surface area (Å²) in [6, 6.07) is 23.2. The minimum absolute atomic E-state index is 0.103. The zero-order valence-corrected chi connectivity index (χ0v) is 16.9. The Labute approximate surface area is 176 Å². The summed E-state index contributed by atoms with van der Waals surface area (Å²) in [6.07, 6.45) is 1.48. The lowest BCUT2D eigenvalue weighted by molar-refractivity contribution is -0.119. The molecule has 0 fully saturated rings. The van der Waals surface area contributed by atoms with E-state index in [2.05, 4.69) is 31.8 Å². The number of esters is 1. The minimum Gasteiger partial charge on any atom is -0.423 e. The van der Waals surface area contributed by atoms with E-state index in [0.29, 0.717) is 16.9 Å². The molecule has 146 valence electrons. The SMILES string of the molecule is O=C(CNc1ccccc1)NN=Cc1cccc(OC(=O)c2cccc(Br)c2)c1. The van der Waals surface area contributed by atoms with Crippen molar-refractivity contribution in [2.24, 2.45) is 5.10 Å². The van der Waals surface area contributed by atoms with E-state index in [0.717, 1.165) is 10.2 Å². The van der Waals surface area contributed by atoms with Gasteiger partial charge in [-0.2, -0.15) is 5.10 Å². The molecule has 0 atom stereocenters. The van der Waals surface area contributed by atoms with Crippen LogP contribution < -0.4 is 15.5 Å². The number of para-hydroxylation sites is 1. The fourth-order valence-corrected chi connectivity index (χ4v) is 2.80. The molecule has 0 saturated carbocycles. The standard InChI is InChI=1S/C22H18BrN3O3/c23-18-8-5-7-17(13-18)22(28)29-20-11-4-6-16(12-20)14-25-26-21(27)15-24-19-9-2-1-3-10-19/h1-14,24H,15H2,(H,26,27). The number of anilines is 1. The van der Waals surface area contributed by atoms with Gasteiger partial charge in [0.05, 0.1) is 18.3 Å². The molecular formula is C22H18BrN3O3. The second kappa shape index (κ2) is 10.2. The Morgan fingerprint density at radius 3 is 2.55 bits per heavy atom. The zero-order valence-electron chi connectivity index (χ0n) is 15.3. The van der Waals surface area contributed by atoms with Gasteiger partial charge >= 0.3 is 5.97 Å². The number of benzene rings is 3. The second-order valence-electron chi connectivity index (χ2n) is 5.99. The van der Waals surface area contributed by atoms with Gasteiger partial charge < -0.3 is 10.1 Å². The maximum atomic E-state index is 12.2. The first kappa shape index (κ1) is 20.3. The number of halogens is 1. The molecule has 6 nitrogen and oxygen atoms in total. The van der Waals surface area contributed by atoms with Crippen molar-refractivity contribution in [3.63, 3.8) is 0 Å². The molecule has 0 radical (unpaired) electrons. The predicted molar refractivity (Wildman–Crippen MR) is 116 cm³/mol. The van der Waals surface area contributed by atoms with Crippen LogP contribution in [0.2, 0.25) is 0 Å². The number of carbonyl (C=O) groups excluding carboxylic acids is 2. The third-order valence-corrected chi connectivity index (χ3v) is 4.25. The van der Waals surface area contributed by atoms with Crippen molar-refractivity contribution in [1.82, 2.24) is 5.43 Å². The van der Waals surface area contributed by atoms with Crippen molar-refractivity contribution in [3.05, 3.63) is 94.5 Å². The number of carbonyl (C=O) groups is 2. The van der Waals surface area contributed by atoms with Gasteiger partial charge in [0.1, 0.15) is 5.75 Å². The summed E-state index contributed by atoms with van der Waals surface area (Å²) < 4.78 is 6.19. The van der Waals surface area contributed by atoms with E-state index in [-0.39, 0.29) is 12.5 Å². The molecule has 0 aromatic heterocycles. The van der Waals surface area contributed by atoms with E-state index in [1.54, 1.807) is 42.5 Å². The van der Waals surface area contributed by atoms with Crippen LogP contribution in [0.3, 0.4) is 0 Å². The van der Waals surface area contributed by atoms with Gasteiger partial charge in [-0.25, -0.2) is 10.2 Å². The Hall–Kier alpha value is -3.45. The quantitative estimate of drug-likeness (QED) is 0.243. The summed E-state index contributed by atoms with van der Waals surface area (Å²) in [4.78, 5) is 24.1. The molecule has 3 aromatic carbocycles. The van der Waals surface area contributed by atoms with Crippen molar-refractivity contribution in [3.8, 4) is 5.75 Å². The van der Waals surface area contributed by atoms with Crippen LogP contribution in [0.4, 0.5) is 5.69 Å². The maximum absolute atomic E-state index is 12.2. The number of hydrogen-bond acceptors (Lipinski definition) is 5. The van der Waals surface area contributed by atoms with E-state index in [1.165, 1.54) is 6.21 Å². The van der Waals surface area contributed by atoms with E-state index < -0.39 is 5.97 Å². The van der Waals surface area contributed by atoms with E-state index >= 15 is 0 Å². The Morgan fingerprint density at radius 1 is 0.966 bits per heavy atom. The van der Waals surface area contributed by atoms with Crippen molar-refractivity contribution >= 4 is 39.7 Å². The van der Waals surface area contributed by atoms with Crippen LogP contribution >= 0.6 is 15.9 Å². The minimum atomic E-state index is -0.458. The molecule has 0 aliphatic rings. The molecule has 7 heteroatoms. The van der Waals surface area contributed by atoms with Crippen LogP contribution in [0.1, 0.15) is 15.9 Å².